The SMILES string of the molecule is O=C(NCCN1CCOCC1)c1cccc(N2CCCC2)n1. The number of carbonyl (C=O) groups is 1. The van der Waals surface area contributed by atoms with Gasteiger partial charge in [-0.2, -0.15) is 0 Å². The second-order valence-corrected chi connectivity index (χ2v) is 5.79. The topological polar surface area (TPSA) is 57.7 Å². The van der Waals surface area contributed by atoms with Gasteiger partial charge >= 0.3 is 0 Å². The van der Waals surface area contributed by atoms with Crippen LogP contribution in [0, 0.1) is 0 Å². The number of morpholine rings is 1. The van der Waals surface area contributed by atoms with Gasteiger partial charge in [0.15, 0.2) is 0 Å². The zero-order valence-electron chi connectivity index (χ0n) is 13.0. The highest BCUT2D eigenvalue weighted by Gasteiger charge is 2.16. The third-order valence-electron chi connectivity index (χ3n) is 4.21. The maximum atomic E-state index is 12.2. The van der Waals surface area contributed by atoms with Gasteiger partial charge in [0.25, 0.3) is 5.91 Å². The number of amides is 1. The largest absolute Gasteiger partial charge is 0.379 e. The molecule has 3 rings (SSSR count). The van der Waals surface area contributed by atoms with Crippen LogP contribution in [0.1, 0.15) is 23.3 Å². The van der Waals surface area contributed by atoms with Crippen LogP contribution in [-0.4, -0.2) is 68.3 Å². The molecule has 6 nitrogen and oxygen atoms in total. The molecule has 0 atom stereocenters. The van der Waals surface area contributed by atoms with Crippen LogP contribution in [0.2, 0.25) is 0 Å². The molecule has 1 aromatic heterocycles. The van der Waals surface area contributed by atoms with Gasteiger partial charge in [-0.05, 0) is 25.0 Å². The fraction of sp³-hybridized carbons (Fsp3) is 0.625. The molecule has 2 saturated heterocycles. The number of anilines is 1. The van der Waals surface area contributed by atoms with Crippen molar-refractivity contribution in [1.82, 2.24) is 15.2 Å². The second kappa shape index (κ2) is 7.56. The molecule has 22 heavy (non-hydrogen) atoms. The Morgan fingerprint density at radius 2 is 1.95 bits per heavy atom. The van der Waals surface area contributed by atoms with Gasteiger partial charge in [-0.15, -0.1) is 0 Å². The van der Waals surface area contributed by atoms with Crippen LogP contribution in [0.3, 0.4) is 0 Å². The molecular formula is C16H24N4O2. The number of hydrogen-bond acceptors (Lipinski definition) is 5. The molecule has 0 bridgehead atoms. The van der Waals surface area contributed by atoms with Gasteiger partial charge in [-0.3, -0.25) is 9.69 Å². The normalized spacial score (nSPS) is 19.4. The molecular weight excluding hydrogens is 280 g/mol. The van der Waals surface area contributed by atoms with E-state index < -0.39 is 0 Å². The minimum Gasteiger partial charge on any atom is -0.379 e. The van der Waals surface area contributed by atoms with Gasteiger partial charge in [-0.1, -0.05) is 6.07 Å². The molecule has 2 aliphatic rings. The van der Waals surface area contributed by atoms with Gasteiger partial charge in [0.05, 0.1) is 13.2 Å². The van der Waals surface area contributed by atoms with Crippen LogP contribution in [-0.2, 0) is 4.74 Å². The van der Waals surface area contributed by atoms with Crippen molar-refractivity contribution in [1.29, 1.82) is 0 Å². The molecule has 1 amide bonds. The Kier molecular flexibility index (Phi) is 5.24. The Morgan fingerprint density at radius 1 is 1.18 bits per heavy atom. The summed E-state index contributed by atoms with van der Waals surface area (Å²) < 4.78 is 5.31. The molecule has 2 fully saturated rings. The van der Waals surface area contributed by atoms with Gasteiger partial charge in [0, 0.05) is 39.3 Å². The number of carbonyl (C=O) groups excluding carboxylic acids is 1. The quantitative estimate of drug-likeness (QED) is 0.870. The number of nitrogens with zero attached hydrogens (tertiary/aromatic N) is 3. The van der Waals surface area contributed by atoms with E-state index in [1.54, 1.807) is 6.07 Å². The molecule has 1 N–H and O–H groups in total. The maximum absolute atomic E-state index is 12.2. The molecule has 0 unspecified atom stereocenters. The Hall–Kier alpha value is -1.66. The fourth-order valence-electron chi connectivity index (χ4n) is 2.91. The van der Waals surface area contributed by atoms with Crippen LogP contribution in [0.25, 0.3) is 0 Å². The van der Waals surface area contributed by atoms with Gasteiger partial charge in [0.2, 0.25) is 0 Å². The molecule has 0 spiro atoms. The lowest BCUT2D eigenvalue weighted by atomic mass is 10.3. The second-order valence-electron chi connectivity index (χ2n) is 5.79. The van der Waals surface area contributed by atoms with Crippen molar-refractivity contribution in [3.8, 4) is 0 Å². The average molecular weight is 304 g/mol. The van der Waals surface area contributed by atoms with Crippen molar-refractivity contribution in [2.45, 2.75) is 12.8 Å². The summed E-state index contributed by atoms with van der Waals surface area (Å²) in [7, 11) is 0. The van der Waals surface area contributed by atoms with Crippen molar-refractivity contribution in [2.75, 3.05) is 57.4 Å². The summed E-state index contributed by atoms with van der Waals surface area (Å²) in [6.45, 7) is 7.04. The van der Waals surface area contributed by atoms with Gasteiger partial charge in [0.1, 0.15) is 11.5 Å². The Morgan fingerprint density at radius 3 is 2.73 bits per heavy atom. The summed E-state index contributed by atoms with van der Waals surface area (Å²) in [6, 6.07) is 5.68. The van der Waals surface area contributed by atoms with E-state index in [9.17, 15) is 4.79 Å². The van der Waals surface area contributed by atoms with Crippen LogP contribution < -0.4 is 10.2 Å². The first-order chi connectivity index (χ1) is 10.8. The first-order valence-electron chi connectivity index (χ1n) is 8.13. The highest BCUT2D eigenvalue weighted by molar-refractivity contribution is 5.92. The third-order valence-corrected chi connectivity index (χ3v) is 4.21. The van der Waals surface area contributed by atoms with Crippen molar-refractivity contribution >= 4 is 11.7 Å². The van der Waals surface area contributed by atoms with Crippen molar-refractivity contribution in [3.05, 3.63) is 23.9 Å². The Labute approximate surface area is 131 Å². The van der Waals surface area contributed by atoms with E-state index in [0.717, 1.165) is 51.8 Å². The van der Waals surface area contributed by atoms with E-state index in [0.29, 0.717) is 12.2 Å². The Balaban J connectivity index is 1.49. The zero-order valence-corrected chi connectivity index (χ0v) is 13.0. The number of nitrogens with one attached hydrogen (secondary N) is 1. The zero-order chi connectivity index (χ0) is 15.2. The first-order valence-corrected chi connectivity index (χ1v) is 8.13. The number of rotatable bonds is 5. The van der Waals surface area contributed by atoms with Crippen molar-refractivity contribution in [3.63, 3.8) is 0 Å². The monoisotopic (exact) mass is 304 g/mol. The summed E-state index contributed by atoms with van der Waals surface area (Å²) in [6.07, 6.45) is 2.41. The average Bonchev–Trinajstić information content (AvgIpc) is 3.10. The van der Waals surface area contributed by atoms with Crippen LogP contribution >= 0.6 is 0 Å². The van der Waals surface area contributed by atoms with E-state index in [-0.39, 0.29) is 5.91 Å². The number of pyridine rings is 1. The highest BCUT2D eigenvalue weighted by atomic mass is 16.5. The maximum Gasteiger partial charge on any atom is 0.270 e. The molecule has 0 radical (unpaired) electrons. The highest BCUT2D eigenvalue weighted by Crippen LogP contribution is 2.17. The Bertz CT molecular complexity index is 497. The number of ether oxygens (including phenoxy) is 1. The van der Waals surface area contributed by atoms with Crippen LogP contribution in [0.4, 0.5) is 5.82 Å². The molecule has 0 saturated carbocycles. The van der Waals surface area contributed by atoms with Crippen LogP contribution in [0.15, 0.2) is 18.2 Å². The molecule has 0 aromatic carbocycles. The number of hydrogen-bond donors (Lipinski definition) is 1. The third kappa shape index (κ3) is 3.96. The van der Waals surface area contributed by atoms with E-state index in [1.807, 2.05) is 12.1 Å². The molecule has 3 heterocycles. The summed E-state index contributed by atoms with van der Waals surface area (Å²) >= 11 is 0. The summed E-state index contributed by atoms with van der Waals surface area (Å²) in [5.74, 6) is 0.827. The fourth-order valence-corrected chi connectivity index (χ4v) is 2.91. The van der Waals surface area contributed by atoms with Crippen molar-refractivity contribution < 1.29 is 9.53 Å². The first kappa shape index (κ1) is 15.2. The van der Waals surface area contributed by atoms with Gasteiger partial charge < -0.3 is 15.0 Å². The lowest BCUT2D eigenvalue weighted by Gasteiger charge is -2.26. The molecule has 2 aliphatic heterocycles. The summed E-state index contributed by atoms with van der Waals surface area (Å²) in [5.41, 5.74) is 0.506. The smallest absolute Gasteiger partial charge is 0.270 e. The minimum atomic E-state index is -0.0886. The van der Waals surface area contributed by atoms with Crippen LogP contribution in [0.5, 0.6) is 0 Å². The predicted octanol–water partition coefficient (Wildman–Crippen LogP) is 0.744. The summed E-state index contributed by atoms with van der Waals surface area (Å²) in [5, 5.41) is 2.96. The van der Waals surface area contributed by atoms with E-state index in [2.05, 4.69) is 20.1 Å². The number of aromatic nitrogens is 1. The van der Waals surface area contributed by atoms with Gasteiger partial charge in [-0.25, -0.2) is 4.98 Å². The standard InChI is InChI=1S/C16H24N4O2/c21-16(17-6-9-19-10-12-22-13-11-19)14-4-3-5-15(18-14)20-7-1-2-8-20/h3-5H,1-2,6-13H2,(H,17,21). The molecule has 120 valence electrons. The summed E-state index contributed by atoms with van der Waals surface area (Å²) in [4.78, 5) is 21.3. The molecule has 1 aromatic rings. The minimum absolute atomic E-state index is 0.0886. The lowest BCUT2D eigenvalue weighted by Crippen LogP contribution is -2.41. The molecule has 0 aliphatic carbocycles. The van der Waals surface area contributed by atoms with Crippen molar-refractivity contribution in [2.24, 2.45) is 0 Å². The molecule has 6 heteroatoms. The van der Waals surface area contributed by atoms with E-state index in [1.165, 1.54) is 12.8 Å². The lowest BCUT2D eigenvalue weighted by molar-refractivity contribution is 0.0383. The predicted molar refractivity (Wildman–Crippen MR) is 85.3 cm³/mol. The van der Waals surface area contributed by atoms with E-state index in [4.69, 9.17) is 4.74 Å². The van der Waals surface area contributed by atoms with E-state index >= 15 is 0 Å².